The molecule has 248 valence electrons. The van der Waals surface area contributed by atoms with E-state index >= 15 is 0 Å². The predicted octanol–water partition coefficient (Wildman–Crippen LogP) is 7.21. The van der Waals surface area contributed by atoms with E-state index < -0.39 is 0 Å². The molecule has 0 aliphatic heterocycles. The number of anilines is 3. The van der Waals surface area contributed by atoms with E-state index in [2.05, 4.69) is 32.7 Å². The fraction of sp³-hybridized carbons (Fsp3) is 0.231. The molecule has 6 aromatic rings. The Labute approximate surface area is 285 Å². The zero-order valence-electron chi connectivity index (χ0n) is 27.9. The zero-order valence-corrected chi connectivity index (χ0v) is 27.9. The number of benzene rings is 3. The first kappa shape index (κ1) is 31.8. The third-order valence-corrected chi connectivity index (χ3v) is 8.81. The van der Waals surface area contributed by atoms with Crippen LogP contribution in [0.2, 0.25) is 0 Å². The van der Waals surface area contributed by atoms with E-state index in [4.69, 9.17) is 19.6 Å². The molecule has 1 aliphatic carbocycles. The Balaban J connectivity index is 1.17. The van der Waals surface area contributed by atoms with Gasteiger partial charge in [0, 0.05) is 47.6 Å². The van der Waals surface area contributed by atoms with Crippen molar-refractivity contribution in [1.29, 1.82) is 0 Å². The van der Waals surface area contributed by atoms with Crippen LogP contribution in [0.3, 0.4) is 0 Å². The van der Waals surface area contributed by atoms with Crippen molar-refractivity contribution in [2.24, 2.45) is 0 Å². The average molecular weight is 654 g/mol. The summed E-state index contributed by atoms with van der Waals surface area (Å²) in [5.74, 6) is 1.88. The maximum atomic E-state index is 13.3. The number of aromatic nitrogens is 4. The standard InChI is InChI=1S/C39H39N7O3/c1-45(2)21-22-49-31-14-8-13-30(24-31)42-38-40-20-17-33(43-38)36-34-16-15-32(48-3)26-46(34)44-37(36)27-9-7-12-29(23-27)41-35(47)25-39(18-19-39)28-10-5-4-6-11-28/h4-17,20,23-24,26H,18-19,21-22,25H2,1-3H3,(H,41,47)(H,40,42,43). The van der Waals surface area contributed by atoms with Crippen molar-refractivity contribution < 1.29 is 14.3 Å². The number of carbonyl (C=O) groups excluding carboxylic acids is 1. The number of nitrogens with zero attached hydrogens (tertiary/aromatic N) is 5. The van der Waals surface area contributed by atoms with Crippen LogP contribution in [0, 0.1) is 0 Å². The Kier molecular flexibility index (Phi) is 8.95. The van der Waals surface area contributed by atoms with Gasteiger partial charge >= 0.3 is 0 Å². The van der Waals surface area contributed by atoms with E-state index in [0.717, 1.165) is 47.5 Å². The first-order chi connectivity index (χ1) is 23.9. The number of amides is 1. The molecular weight excluding hydrogens is 614 g/mol. The molecule has 3 aromatic heterocycles. The molecule has 7 rings (SSSR count). The topological polar surface area (TPSA) is 106 Å². The lowest BCUT2D eigenvalue weighted by Crippen LogP contribution is -2.19. The van der Waals surface area contributed by atoms with Crippen molar-refractivity contribution in [3.63, 3.8) is 0 Å². The molecule has 0 spiro atoms. The van der Waals surface area contributed by atoms with Crippen LogP contribution in [-0.2, 0) is 10.2 Å². The highest BCUT2D eigenvalue weighted by Crippen LogP contribution is 2.51. The van der Waals surface area contributed by atoms with E-state index in [1.54, 1.807) is 17.8 Å². The summed E-state index contributed by atoms with van der Waals surface area (Å²) in [4.78, 5) is 24.8. The first-order valence-electron chi connectivity index (χ1n) is 16.4. The molecule has 0 atom stereocenters. The molecule has 1 aliphatic rings. The average Bonchev–Trinajstić information content (AvgIpc) is 3.79. The largest absolute Gasteiger partial charge is 0.495 e. The van der Waals surface area contributed by atoms with Crippen LogP contribution in [0.25, 0.3) is 28.0 Å². The number of methoxy groups -OCH3 is 1. The van der Waals surface area contributed by atoms with Gasteiger partial charge in [-0.2, -0.15) is 5.10 Å². The second-order valence-corrected chi connectivity index (χ2v) is 12.6. The van der Waals surface area contributed by atoms with Gasteiger partial charge in [0.05, 0.1) is 30.1 Å². The highest BCUT2D eigenvalue weighted by Gasteiger charge is 2.45. The molecule has 2 N–H and O–H groups in total. The summed E-state index contributed by atoms with van der Waals surface area (Å²) in [6.45, 7) is 1.41. The number of likely N-dealkylation sites (N-methyl/N-ethyl adjacent to an activating group) is 1. The smallest absolute Gasteiger partial charge is 0.227 e. The van der Waals surface area contributed by atoms with Gasteiger partial charge in [-0.1, -0.05) is 48.5 Å². The Bertz CT molecular complexity index is 2090. The van der Waals surface area contributed by atoms with Crippen LogP contribution in [-0.4, -0.2) is 64.7 Å². The lowest BCUT2D eigenvalue weighted by Gasteiger charge is -2.15. The maximum Gasteiger partial charge on any atom is 0.227 e. The molecule has 10 nitrogen and oxygen atoms in total. The van der Waals surface area contributed by atoms with E-state index in [1.165, 1.54) is 5.56 Å². The fourth-order valence-corrected chi connectivity index (χ4v) is 6.07. The highest BCUT2D eigenvalue weighted by atomic mass is 16.5. The number of hydrogen-bond donors (Lipinski definition) is 2. The van der Waals surface area contributed by atoms with Gasteiger partial charge in [-0.15, -0.1) is 0 Å². The fourth-order valence-electron chi connectivity index (χ4n) is 6.07. The van der Waals surface area contributed by atoms with E-state index in [0.29, 0.717) is 41.8 Å². The molecule has 0 unspecified atom stereocenters. The van der Waals surface area contributed by atoms with Crippen LogP contribution >= 0.6 is 0 Å². The van der Waals surface area contributed by atoms with Crippen molar-refractivity contribution >= 4 is 28.7 Å². The minimum absolute atomic E-state index is 0.00264. The second kappa shape index (κ2) is 13.8. The molecule has 0 radical (unpaired) electrons. The highest BCUT2D eigenvalue weighted by molar-refractivity contribution is 5.95. The van der Waals surface area contributed by atoms with Gasteiger partial charge in [-0.05, 0) is 75.0 Å². The second-order valence-electron chi connectivity index (χ2n) is 12.6. The van der Waals surface area contributed by atoms with Crippen molar-refractivity contribution in [2.45, 2.75) is 24.7 Å². The SMILES string of the molecule is COc1ccc2c(-c3ccnc(Nc4cccc(OCCN(C)C)c4)n3)c(-c3cccc(NC(=O)CC4(c5ccccc5)CC4)c3)nn2c1. The number of rotatable bonds is 13. The van der Waals surface area contributed by atoms with Crippen molar-refractivity contribution in [3.05, 3.63) is 115 Å². The van der Waals surface area contributed by atoms with Crippen LogP contribution in [0.5, 0.6) is 11.5 Å². The Morgan fingerprint density at radius 1 is 0.918 bits per heavy atom. The number of carbonyl (C=O) groups is 1. The molecular formula is C39H39N7O3. The number of pyridine rings is 1. The summed E-state index contributed by atoms with van der Waals surface area (Å²) < 4.78 is 13.2. The minimum Gasteiger partial charge on any atom is -0.495 e. The third kappa shape index (κ3) is 7.24. The number of ether oxygens (including phenoxy) is 2. The predicted molar refractivity (Wildman–Crippen MR) is 193 cm³/mol. The molecule has 0 saturated heterocycles. The molecule has 1 amide bonds. The third-order valence-electron chi connectivity index (χ3n) is 8.81. The lowest BCUT2D eigenvalue weighted by atomic mass is 9.92. The van der Waals surface area contributed by atoms with E-state index in [-0.39, 0.29) is 11.3 Å². The van der Waals surface area contributed by atoms with Gasteiger partial charge in [0.15, 0.2) is 0 Å². The maximum absolute atomic E-state index is 13.3. The molecule has 0 bridgehead atoms. The Hall–Kier alpha value is -5.74. The normalized spacial score (nSPS) is 13.3. The molecule has 49 heavy (non-hydrogen) atoms. The van der Waals surface area contributed by atoms with Crippen LogP contribution < -0.4 is 20.1 Å². The van der Waals surface area contributed by atoms with Crippen LogP contribution in [0.1, 0.15) is 24.8 Å². The Morgan fingerprint density at radius 2 is 1.73 bits per heavy atom. The van der Waals surface area contributed by atoms with Crippen molar-refractivity contribution in [1.82, 2.24) is 24.5 Å². The van der Waals surface area contributed by atoms with Gasteiger partial charge in [0.25, 0.3) is 0 Å². The summed E-state index contributed by atoms with van der Waals surface area (Å²) in [6, 6.07) is 31.6. The summed E-state index contributed by atoms with van der Waals surface area (Å²) in [7, 11) is 5.67. The summed E-state index contributed by atoms with van der Waals surface area (Å²) >= 11 is 0. The summed E-state index contributed by atoms with van der Waals surface area (Å²) in [5, 5.41) is 11.5. The molecule has 3 aromatic carbocycles. The molecule has 1 saturated carbocycles. The number of fused-ring (bicyclic) bond motifs is 1. The number of hydrogen-bond acceptors (Lipinski definition) is 8. The lowest BCUT2D eigenvalue weighted by molar-refractivity contribution is -0.116. The zero-order chi connectivity index (χ0) is 33.8. The number of nitrogens with one attached hydrogen (secondary N) is 2. The summed E-state index contributed by atoms with van der Waals surface area (Å²) in [6.07, 6.45) is 6.06. The van der Waals surface area contributed by atoms with E-state index in [1.807, 2.05) is 105 Å². The van der Waals surface area contributed by atoms with Crippen LogP contribution in [0.4, 0.5) is 17.3 Å². The molecule has 10 heteroatoms. The van der Waals surface area contributed by atoms with Gasteiger partial charge in [-0.3, -0.25) is 4.79 Å². The summed E-state index contributed by atoms with van der Waals surface area (Å²) in [5.41, 5.74) is 6.61. The first-order valence-corrected chi connectivity index (χ1v) is 16.4. The van der Waals surface area contributed by atoms with Gasteiger partial charge in [-0.25, -0.2) is 14.5 Å². The Morgan fingerprint density at radius 3 is 2.53 bits per heavy atom. The van der Waals surface area contributed by atoms with Gasteiger partial charge < -0.3 is 25.0 Å². The molecule has 3 heterocycles. The van der Waals surface area contributed by atoms with Crippen LogP contribution in [0.15, 0.2) is 109 Å². The van der Waals surface area contributed by atoms with Crippen molar-refractivity contribution in [3.8, 4) is 34.0 Å². The van der Waals surface area contributed by atoms with Crippen molar-refractivity contribution in [2.75, 3.05) is 45.0 Å². The quantitative estimate of drug-likeness (QED) is 0.135. The van der Waals surface area contributed by atoms with Gasteiger partial charge in [0.2, 0.25) is 11.9 Å². The van der Waals surface area contributed by atoms with Gasteiger partial charge in [0.1, 0.15) is 23.8 Å². The minimum atomic E-state index is -0.0735. The monoisotopic (exact) mass is 653 g/mol. The van der Waals surface area contributed by atoms with E-state index in [9.17, 15) is 4.79 Å². The molecule has 1 fully saturated rings.